The first kappa shape index (κ1) is 15.1. The molecule has 0 saturated heterocycles. The van der Waals surface area contributed by atoms with Gasteiger partial charge in [-0.05, 0) is 24.7 Å². The number of nitrogens with one attached hydrogen (secondary N) is 1. The molecule has 0 aliphatic carbocycles. The Bertz CT molecular complexity index is 617. The van der Waals surface area contributed by atoms with Gasteiger partial charge in [0.2, 0.25) is 5.88 Å². The van der Waals surface area contributed by atoms with Crippen molar-refractivity contribution in [3.8, 4) is 28.6 Å². The van der Waals surface area contributed by atoms with Crippen LogP contribution in [0.1, 0.15) is 5.56 Å². The van der Waals surface area contributed by atoms with Gasteiger partial charge >= 0.3 is 0 Å². The Morgan fingerprint density at radius 3 is 2.24 bits per heavy atom. The van der Waals surface area contributed by atoms with Gasteiger partial charge in [-0.2, -0.15) is 0 Å². The fourth-order valence-electron chi connectivity index (χ4n) is 2.14. The van der Waals surface area contributed by atoms with E-state index in [9.17, 15) is 0 Å². The fraction of sp³-hybridized carbons (Fsp3) is 0.333. The van der Waals surface area contributed by atoms with Crippen LogP contribution in [0.15, 0.2) is 24.5 Å². The van der Waals surface area contributed by atoms with Crippen LogP contribution in [-0.2, 0) is 6.54 Å². The van der Waals surface area contributed by atoms with Crippen molar-refractivity contribution in [2.24, 2.45) is 0 Å². The molecular weight excluding hydrogens is 270 g/mol. The highest BCUT2D eigenvalue weighted by atomic mass is 16.5. The average Bonchev–Trinajstić information content (AvgIpc) is 2.54. The third-order valence-corrected chi connectivity index (χ3v) is 3.09. The lowest BCUT2D eigenvalue weighted by Gasteiger charge is -2.15. The Balaban J connectivity index is 2.65. The van der Waals surface area contributed by atoms with Crippen LogP contribution in [0.3, 0.4) is 0 Å². The quantitative estimate of drug-likeness (QED) is 0.876. The van der Waals surface area contributed by atoms with Crippen LogP contribution < -0.4 is 19.5 Å². The van der Waals surface area contributed by atoms with Gasteiger partial charge in [0.25, 0.3) is 0 Å². The Hall–Kier alpha value is -2.34. The second-order valence-corrected chi connectivity index (χ2v) is 4.31. The van der Waals surface area contributed by atoms with Crippen molar-refractivity contribution in [1.82, 2.24) is 15.3 Å². The van der Waals surface area contributed by atoms with Gasteiger partial charge < -0.3 is 19.5 Å². The lowest BCUT2D eigenvalue weighted by atomic mass is 10.0. The molecule has 0 fully saturated rings. The summed E-state index contributed by atoms with van der Waals surface area (Å²) < 4.78 is 16.0. The SMILES string of the molecule is CNCc1cc(OC)c(OC)cc1-c1nccnc1OC. The molecule has 1 aromatic heterocycles. The third-order valence-electron chi connectivity index (χ3n) is 3.09. The lowest BCUT2D eigenvalue weighted by Crippen LogP contribution is -2.08. The van der Waals surface area contributed by atoms with Gasteiger partial charge in [0.1, 0.15) is 5.69 Å². The zero-order chi connectivity index (χ0) is 15.2. The Morgan fingerprint density at radius 1 is 0.952 bits per heavy atom. The number of rotatable bonds is 6. The molecule has 0 bridgehead atoms. The summed E-state index contributed by atoms with van der Waals surface area (Å²) in [5.74, 6) is 1.79. The number of benzene rings is 1. The summed E-state index contributed by atoms with van der Waals surface area (Å²) in [6, 6.07) is 3.82. The van der Waals surface area contributed by atoms with E-state index in [4.69, 9.17) is 14.2 Å². The second kappa shape index (κ2) is 6.90. The molecular formula is C15H19N3O3. The van der Waals surface area contributed by atoms with Gasteiger partial charge in [0.05, 0.1) is 21.3 Å². The highest BCUT2D eigenvalue weighted by Gasteiger charge is 2.17. The van der Waals surface area contributed by atoms with Gasteiger partial charge in [0.15, 0.2) is 11.5 Å². The van der Waals surface area contributed by atoms with E-state index in [-0.39, 0.29) is 0 Å². The molecule has 0 saturated carbocycles. The molecule has 1 heterocycles. The van der Waals surface area contributed by atoms with Crippen molar-refractivity contribution >= 4 is 0 Å². The van der Waals surface area contributed by atoms with Crippen molar-refractivity contribution in [3.63, 3.8) is 0 Å². The topological polar surface area (TPSA) is 65.5 Å². The summed E-state index contributed by atoms with van der Waals surface area (Å²) in [5, 5.41) is 3.14. The maximum atomic E-state index is 5.37. The first-order valence-corrected chi connectivity index (χ1v) is 6.50. The van der Waals surface area contributed by atoms with Gasteiger partial charge in [-0.3, -0.25) is 0 Å². The zero-order valence-corrected chi connectivity index (χ0v) is 12.6. The summed E-state index contributed by atoms with van der Waals surface area (Å²) in [4.78, 5) is 8.58. The van der Waals surface area contributed by atoms with Crippen LogP contribution >= 0.6 is 0 Å². The molecule has 0 radical (unpaired) electrons. The van der Waals surface area contributed by atoms with Crippen molar-refractivity contribution in [2.45, 2.75) is 6.54 Å². The van der Waals surface area contributed by atoms with Gasteiger partial charge in [0, 0.05) is 24.5 Å². The number of ether oxygens (including phenoxy) is 3. The Labute approximate surface area is 124 Å². The summed E-state index contributed by atoms with van der Waals surface area (Å²) in [6.07, 6.45) is 3.23. The van der Waals surface area contributed by atoms with E-state index in [0.717, 1.165) is 11.1 Å². The van der Waals surface area contributed by atoms with Crippen LogP contribution in [0, 0.1) is 0 Å². The molecule has 0 spiro atoms. The van der Waals surface area contributed by atoms with Crippen molar-refractivity contribution in [1.29, 1.82) is 0 Å². The Morgan fingerprint density at radius 2 is 1.62 bits per heavy atom. The maximum Gasteiger partial charge on any atom is 0.240 e. The fourth-order valence-corrected chi connectivity index (χ4v) is 2.14. The van der Waals surface area contributed by atoms with E-state index in [1.807, 2.05) is 19.2 Å². The number of aromatic nitrogens is 2. The van der Waals surface area contributed by atoms with E-state index in [0.29, 0.717) is 29.6 Å². The zero-order valence-electron chi connectivity index (χ0n) is 12.6. The maximum absolute atomic E-state index is 5.37. The highest BCUT2D eigenvalue weighted by molar-refractivity contribution is 5.71. The van der Waals surface area contributed by atoms with Crippen LogP contribution in [0.4, 0.5) is 0 Å². The third kappa shape index (κ3) is 3.05. The normalized spacial score (nSPS) is 10.3. The van der Waals surface area contributed by atoms with Crippen molar-refractivity contribution in [3.05, 3.63) is 30.1 Å². The number of nitrogens with zero attached hydrogens (tertiary/aromatic N) is 2. The molecule has 6 heteroatoms. The molecule has 0 amide bonds. The van der Waals surface area contributed by atoms with E-state index in [1.54, 1.807) is 33.7 Å². The molecule has 2 aromatic rings. The van der Waals surface area contributed by atoms with Gasteiger partial charge in [-0.15, -0.1) is 0 Å². The monoisotopic (exact) mass is 289 g/mol. The number of methoxy groups -OCH3 is 3. The molecule has 112 valence electrons. The Kier molecular flexibility index (Phi) is 4.94. The van der Waals surface area contributed by atoms with E-state index >= 15 is 0 Å². The lowest BCUT2D eigenvalue weighted by molar-refractivity contribution is 0.354. The average molecular weight is 289 g/mol. The summed E-state index contributed by atoms with van der Waals surface area (Å²) in [5.41, 5.74) is 2.59. The second-order valence-electron chi connectivity index (χ2n) is 4.31. The molecule has 0 aliphatic rings. The molecule has 1 aromatic carbocycles. The van der Waals surface area contributed by atoms with E-state index < -0.39 is 0 Å². The molecule has 0 atom stereocenters. The van der Waals surface area contributed by atoms with Crippen LogP contribution in [0.5, 0.6) is 17.4 Å². The number of hydrogen-bond donors (Lipinski definition) is 1. The predicted octanol–water partition coefficient (Wildman–Crippen LogP) is 1.89. The smallest absolute Gasteiger partial charge is 0.240 e. The van der Waals surface area contributed by atoms with E-state index in [1.165, 1.54) is 0 Å². The molecule has 21 heavy (non-hydrogen) atoms. The van der Waals surface area contributed by atoms with Crippen LogP contribution in [0.25, 0.3) is 11.3 Å². The number of hydrogen-bond acceptors (Lipinski definition) is 6. The minimum absolute atomic E-state index is 0.474. The first-order valence-electron chi connectivity index (χ1n) is 6.50. The molecule has 0 aliphatic heterocycles. The van der Waals surface area contributed by atoms with Crippen molar-refractivity contribution < 1.29 is 14.2 Å². The van der Waals surface area contributed by atoms with E-state index in [2.05, 4.69) is 15.3 Å². The van der Waals surface area contributed by atoms with Crippen LogP contribution in [0.2, 0.25) is 0 Å². The largest absolute Gasteiger partial charge is 0.493 e. The molecule has 6 nitrogen and oxygen atoms in total. The van der Waals surface area contributed by atoms with Gasteiger partial charge in [-0.25, -0.2) is 9.97 Å². The highest BCUT2D eigenvalue weighted by Crippen LogP contribution is 2.37. The molecule has 2 rings (SSSR count). The predicted molar refractivity (Wildman–Crippen MR) is 79.9 cm³/mol. The first-order chi connectivity index (χ1) is 10.2. The summed E-state index contributed by atoms with van der Waals surface area (Å²) in [6.45, 7) is 0.662. The minimum atomic E-state index is 0.474. The molecule has 0 unspecified atom stereocenters. The minimum Gasteiger partial charge on any atom is -0.493 e. The van der Waals surface area contributed by atoms with Gasteiger partial charge in [-0.1, -0.05) is 0 Å². The van der Waals surface area contributed by atoms with Crippen LogP contribution in [-0.4, -0.2) is 38.3 Å². The summed E-state index contributed by atoms with van der Waals surface area (Å²) >= 11 is 0. The standard InChI is InChI=1S/C15H19N3O3/c1-16-9-10-7-12(19-2)13(20-3)8-11(10)14-15(21-4)18-6-5-17-14/h5-8,16H,9H2,1-4H3. The van der Waals surface area contributed by atoms with Crippen molar-refractivity contribution in [2.75, 3.05) is 28.4 Å². The molecule has 1 N–H and O–H groups in total. The summed E-state index contributed by atoms with van der Waals surface area (Å²) in [7, 11) is 6.68.